The quantitative estimate of drug-likeness (QED) is 0.467. The highest BCUT2D eigenvalue weighted by Crippen LogP contribution is 2.36. The largest absolute Gasteiger partial charge is 0.417 e. The van der Waals surface area contributed by atoms with Gasteiger partial charge in [-0.3, -0.25) is 4.79 Å². The smallest absolute Gasteiger partial charge is 0.341 e. The fourth-order valence-electron chi connectivity index (χ4n) is 3.61. The Morgan fingerprint density at radius 3 is 2.69 bits per heavy atom. The third-order valence-corrected chi connectivity index (χ3v) is 6.53. The van der Waals surface area contributed by atoms with Crippen LogP contribution in [0.1, 0.15) is 37.4 Å². The van der Waals surface area contributed by atoms with Crippen molar-refractivity contribution in [2.45, 2.75) is 49.8 Å². The van der Waals surface area contributed by atoms with Gasteiger partial charge in [-0.2, -0.15) is 18.4 Å². The van der Waals surface area contributed by atoms with Gasteiger partial charge in [-0.25, -0.2) is 9.11 Å². The first-order valence-corrected chi connectivity index (χ1v) is 11.1. The zero-order valence-corrected chi connectivity index (χ0v) is 18.3. The molecule has 1 amide bonds. The Bertz CT molecular complexity index is 977. The summed E-state index contributed by atoms with van der Waals surface area (Å²) in [4.78, 5) is 14.7. The zero-order valence-electron chi connectivity index (χ0n) is 17.5. The van der Waals surface area contributed by atoms with Gasteiger partial charge in [0, 0.05) is 30.7 Å². The van der Waals surface area contributed by atoms with Gasteiger partial charge in [-0.1, -0.05) is 6.92 Å². The summed E-state index contributed by atoms with van der Waals surface area (Å²) in [5, 5.41) is 9.19. The normalized spacial score (nSPS) is 16.1. The molecule has 1 fully saturated rings. The van der Waals surface area contributed by atoms with Gasteiger partial charge in [0.2, 0.25) is 5.91 Å². The molecule has 1 atom stereocenters. The Morgan fingerprint density at radius 2 is 2.03 bits per heavy atom. The second-order valence-corrected chi connectivity index (χ2v) is 8.79. The molecule has 2 heterocycles. The Morgan fingerprint density at radius 1 is 1.31 bits per heavy atom. The molecular weight excluding hydrogens is 444 g/mol. The Hall–Kier alpha value is -2.51. The third-order valence-electron chi connectivity index (χ3n) is 5.55. The predicted molar refractivity (Wildman–Crippen MR) is 113 cm³/mol. The number of likely N-dealkylation sites (tertiary alicyclic amines) is 1. The van der Waals surface area contributed by atoms with Crippen LogP contribution in [0.25, 0.3) is 0 Å². The maximum atomic E-state index is 13.4. The van der Waals surface area contributed by atoms with Crippen molar-refractivity contribution in [3.8, 4) is 6.07 Å². The lowest BCUT2D eigenvalue weighted by molar-refractivity contribution is -0.140. The van der Waals surface area contributed by atoms with Gasteiger partial charge in [0.1, 0.15) is 17.6 Å². The monoisotopic (exact) mass is 468 g/mol. The molecule has 1 aliphatic heterocycles. The molecule has 0 radical (unpaired) electrons. The van der Waals surface area contributed by atoms with Crippen LogP contribution in [0.5, 0.6) is 0 Å². The molecule has 0 saturated carbocycles. The number of alkyl halides is 3. The number of carbonyl (C=O) groups is 1. The number of benzene rings is 1. The first kappa shape index (κ1) is 24.1. The SMILES string of the molecule is CC1CCN(C(=O)C(CCn2cccc2C#N)NSc2ccc(F)cc2C(F)(F)F)CC1. The number of aromatic nitrogens is 1. The molecule has 172 valence electrons. The van der Waals surface area contributed by atoms with Crippen molar-refractivity contribution < 1.29 is 22.4 Å². The molecule has 2 aromatic rings. The van der Waals surface area contributed by atoms with Crippen molar-refractivity contribution in [3.05, 3.63) is 53.6 Å². The first-order valence-electron chi connectivity index (χ1n) is 10.3. The number of hydrogen-bond acceptors (Lipinski definition) is 4. The van der Waals surface area contributed by atoms with E-state index in [1.54, 1.807) is 27.8 Å². The number of piperidine rings is 1. The lowest BCUT2D eigenvalue weighted by Gasteiger charge is -2.33. The number of amides is 1. The van der Waals surface area contributed by atoms with Crippen molar-refractivity contribution in [3.63, 3.8) is 0 Å². The van der Waals surface area contributed by atoms with Crippen LogP contribution in [0.4, 0.5) is 17.6 Å². The third kappa shape index (κ3) is 6.04. The van der Waals surface area contributed by atoms with Crippen LogP contribution in [0, 0.1) is 23.1 Å². The second-order valence-electron chi connectivity index (χ2n) is 7.91. The van der Waals surface area contributed by atoms with Crippen molar-refractivity contribution in [1.82, 2.24) is 14.2 Å². The number of aryl methyl sites for hydroxylation is 1. The van der Waals surface area contributed by atoms with Gasteiger partial charge < -0.3 is 9.47 Å². The predicted octanol–water partition coefficient (Wildman–Crippen LogP) is 4.83. The average molecular weight is 469 g/mol. The number of rotatable bonds is 7. The average Bonchev–Trinajstić information content (AvgIpc) is 3.21. The van der Waals surface area contributed by atoms with Crippen molar-refractivity contribution >= 4 is 17.9 Å². The van der Waals surface area contributed by atoms with Gasteiger partial charge >= 0.3 is 6.18 Å². The highest BCUT2D eigenvalue weighted by atomic mass is 32.2. The number of nitriles is 1. The number of nitrogens with one attached hydrogen (secondary N) is 1. The molecule has 1 aliphatic rings. The number of hydrogen-bond donors (Lipinski definition) is 1. The fraction of sp³-hybridized carbons (Fsp3) is 0.455. The summed E-state index contributed by atoms with van der Waals surface area (Å²) in [6.07, 6.45) is -0.973. The summed E-state index contributed by atoms with van der Waals surface area (Å²) >= 11 is 0.672. The summed E-state index contributed by atoms with van der Waals surface area (Å²) in [6.45, 7) is 3.66. The molecule has 1 unspecified atom stereocenters. The minimum atomic E-state index is -4.72. The van der Waals surface area contributed by atoms with E-state index in [-0.39, 0.29) is 17.2 Å². The van der Waals surface area contributed by atoms with Crippen LogP contribution in [-0.4, -0.2) is 34.5 Å². The van der Waals surface area contributed by atoms with Crippen molar-refractivity contribution in [1.29, 1.82) is 5.26 Å². The lowest BCUT2D eigenvalue weighted by Crippen LogP contribution is -2.47. The molecule has 32 heavy (non-hydrogen) atoms. The van der Waals surface area contributed by atoms with E-state index in [9.17, 15) is 27.6 Å². The van der Waals surface area contributed by atoms with E-state index in [2.05, 4.69) is 17.7 Å². The van der Waals surface area contributed by atoms with E-state index in [4.69, 9.17) is 0 Å². The van der Waals surface area contributed by atoms with Crippen LogP contribution in [0.15, 0.2) is 41.4 Å². The molecule has 1 aromatic carbocycles. The molecule has 1 N–H and O–H groups in total. The minimum Gasteiger partial charge on any atom is -0.341 e. The molecule has 0 bridgehead atoms. The maximum Gasteiger partial charge on any atom is 0.417 e. The van der Waals surface area contributed by atoms with E-state index >= 15 is 0 Å². The summed E-state index contributed by atoms with van der Waals surface area (Å²) in [5.41, 5.74) is -0.654. The Balaban J connectivity index is 1.76. The molecule has 0 spiro atoms. The molecular formula is C22H24F4N4OS. The Labute approximate surface area is 188 Å². The van der Waals surface area contributed by atoms with E-state index in [1.165, 1.54) is 0 Å². The molecule has 10 heteroatoms. The summed E-state index contributed by atoms with van der Waals surface area (Å²) in [7, 11) is 0. The van der Waals surface area contributed by atoms with Crippen molar-refractivity contribution in [2.24, 2.45) is 5.92 Å². The maximum absolute atomic E-state index is 13.4. The standard InChI is InChI=1S/C22H24F4N4OS/c1-15-6-10-30(11-7-15)21(31)19(8-12-29-9-2-3-17(29)14-27)28-32-20-5-4-16(23)13-18(20)22(24,25)26/h2-5,9,13,15,19,28H,6-8,10-12H2,1H3. The highest BCUT2D eigenvalue weighted by molar-refractivity contribution is 7.97. The summed E-state index contributed by atoms with van der Waals surface area (Å²) in [5.74, 6) is -0.648. The van der Waals surface area contributed by atoms with Crippen LogP contribution < -0.4 is 4.72 Å². The molecule has 0 aliphatic carbocycles. The second kappa shape index (κ2) is 10.4. The van der Waals surface area contributed by atoms with Gasteiger partial charge in [-0.05, 0) is 67.5 Å². The van der Waals surface area contributed by atoms with Gasteiger partial charge in [-0.15, -0.1) is 0 Å². The Kier molecular flexibility index (Phi) is 7.85. The topological polar surface area (TPSA) is 61.1 Å². The summed E-state index contributed by atoms with van der Waals surface area (Å²) < 4.78 is 58.0. The van der Waals surface area contributed by atoms with Gasteiger partial charge in [0.25, 0.3) is 0 Å². The van der Waals surface area contributed by atoms with E-state index in [0.29, 0.717) is 49.3 Å². The summed E-state index contributed by atoms with van der Waals surface area (Å²) in [6, 6.07) is 7.13. The molecule has 5 nitrogen and oxygen atoms in total. The van der Waals surface area contributed by atoms with Gasteiger partial charge in [0.05, 0.1) is 11.6 Å². The lowest BCUT2D eigenvalue weighted by atomic mass is 9.98. The van der Waals surface area contributed by atoms with Crippen LogP contribution in [0.3, 0.4) is 0 Å². The van der Waals surface area contributed by atoms with Crippen LogP contribution in [0.2, 0.25) is 0 Å². The molecule has 1 saturated heterocycles. The minimum absolute atomic E-state index is 0.189. The van der Waals surface area contributed by atoms with Crippen molar-refractivity contribution in [2.75, 3.05) is 13.1 Å². The zero-order chi connectivity index (χ0) is 23.3. The fourth-order valence-corrected chi connectivity index (χ4v) is 4.52. The number of carbonyl (C=O) groups excluding carboxylic acids is 1. The van der Waals surface area contributed by atoms with E-state index in [0.717, 1.165) is 25.0 Å². The van der Waals surface area contributed by atoms with E-state index < -0.39 is 23.6 Å². The van der Waals surface area contributed by atoms with E-state index in [1.807, 2.05) is 0 Å². The number of nitrogens with zero attached hydrogens (tertiary/aromatic N) is 3. The number of halogens is 4. The highest BCUT2D eigenvalue weighted by Gasteiger charge is 2.35. The molecule has 1 aromatic heterocycles. The van der Waals surface area contributed by atoms with Crippen LogP contribution >= 0.6 is 11.9 Å². The first-order chi connectivity index (χ1) is 15.2. The van der Waals surface area contributed by atoms with Gasteiger partial charge in [0.15, 0.2) is 0 Å². The molecule has 3 rings (SSSR count). The van der Waals surface area contributed by atoms with Crippen LogP contribution in [-0.2, 0) is 17.5 Å².